The minimum absolute atomic E-state index is 0.00731. The van der Waals surface area contributed by atoms with Crippen LogP contribution in [-0.2, 0) is 4.79 Å². The summed E-state index contributed by atoms with van der Waals surface area (Å²) in [6.45, 7) is 0.213. The van der Waals surface area contributed by atoms with Gasteiger partial charge in [0, 0.05) is 30.8 Å². The van der Waals surface area contributed by atoms with E-state index in [0.717, 1.165) is 11.1 Å². The molecule has 0 unspecified atom stereocenters. The summed E-state index contributed by atoms with van der Waals surface area (Å²) < 4.78 is 5.63. The lowest BCUT2D eigenvalue weighted by molar-refractivity contribution is -0.384. The van der Waals surface area contributed by atoms with E-state index in [1.807, 2.05) is 18.2 Å². The Bertz CT molecular complexity index is 975. The summed E-state index contributed by atoms with van der Waals surface area (Å²) in [4.78, 5) is 29.8. The van der Waals surface area contributed by atoms with Crippen molar-refractivity contribution in [2.45, 2.75) is 12.8 Å². The van der Waals surface area contributed by atoms with Crippen molar-refractivity contribution in [3.8, 4) is 28.4 Å². The average molecular weight is 379 g/mol. The minimum Gasteiger partial charge on any atom is -0.481 e. The fourth-order valence-electron chi connectivity index (χ4n) is 2.57. The summed E-state index contributed by atoms with van der Waals surface area (Å²) in [5.41, 5.74) is 2.78. The number of carboxylic acid groups (broad SMARTS) is 1. The van der Waals surface area contributed by atoms with E-state index in [1.165, 1.54) is 12.1 Å². The molecule has 0 bridgehead atoms. The van der Waals surface area contributed by atoms with Gasteiger partial charge in [0.05, 0.1) is 22.9 Å². The Morgan fingerprint density at radius 2 is 1.86 bits per heavy atom. The van der Waals surface area contributed by atoms with Crippen LogP contribution < -0.4 is 4.74 Å². The van der Waals surface area contributed by atoms with Crippen LogP contribution in [0.4, 0.5) is 5.69 Å². The van der Waals surface area contributed by atoms with Crippen LogP contribution in [0.1, 0.15) is 12.8 Å². The molecule has 0 atom stereocenters. The molecule has 2 aromatic heterocycles. The van der Waals surface area contributed by atoms with Gasteiger partial charge in [0.2, 0.25) is 5.88 Å². The van der Waals surface area contributed by atoms with Gasteiger partial charge < -0.3 is 9.84 Å². The van der Waals surface area contributed by atoms with Crippen LogP contribution in [0.2, 0.25) is 0 Å². The number of nitro benzene ring substituents is 1. The molecule has 3 aromatic rings. The molecule has 1 aromatic carbocycles. The van der Waals surface area contributed by atoms with Crippen molar-refractivity contribution >= 4 is 11.7 Å². The smallest absolute Gasteiger partial charge is 0.303 e. The Morgan fingerprint density at radius 1 is 1.07 bits per heavy atom. The van der Waals surface area contributed by atoms with Gasteiger partial charge in [-0.05, 0) is 47.9 Å². The van der Waals surface area contributed by atoms with Gasteiger partial charge >= 0.3 is 5.97 Å². The molecule has 0 radical (unpaired) electrons. The molecule has 1 N–H and O–H groups in total. The zero-order valence-electron chi connectivity index (χ0n) is 14.8. The standard InChI is InChI=1S/C20H17N3O5/c24-20(25)5-3-11-28-19-13-15(14-6-8-16(9-7-14)23(26)27)12-18(22-19)17-4-1-2-10-21-17/h1-2,4,6-10,12-13H,3,5,11H2,(H,24,25). The van der Waals surface area contributed by atoms with E-state index in [4.69, 9.17) is 9.84 Å². The third-order valence-electron chi connectivity index (χ3n) is 3.93. The highest BCUT2D eigenvalue weighted by Crippen LogP contribution is 2.29. The number of pyridine rings is 2. The summed E-state index contributed by atoms with van der Waals surface area (Å²) in [6, 6.07) is 15.2. The Labute approximate surface area is 160 Å². The monoisotopic (exact) mass is 379 g/mol. The second kappa shape index (κ2) is 8.72. The lowest BCUT2D eigenvalue weighted by atomic mass is 10.0. The van der Waals surface area contributed by atoms with Crippen molar-refractivity contribution in [1.29, 1.82) is 0 Å². The van der Waals surface area contributed by atoms with Gasteiger partial charge in [0.1, 0.15) is 0 Å². The number of hydrogen-bond acceptors (Lipinski definition) is 6. The quantitative estimate of drug-likeness (QED) is 0.358. The lowest BCUT2D eigenvalue weighted by Gasteiger charge is -2.10. The molecular weight excluding hydrogens is 362 g/mol. The van der Waals surface area contributed by atoms with E-state index >= 15 is 0 Å². The van der Waals surface area contributed by atoms with Crippen LogP contribution in [0.5, 0.6) is 5.88 Å². The van der Waals surface area contributed by atoms with Crippen LogP contribution in [0.3, 0.4) is 0 Å². The number of rotatable bonds is 8. The number of nitro groups is 1. The molecular formula is C20H17N3O5. The molecule has 0 aliphatic carbocycles. The summed E-state index contributed by atoms with van der Waals surface area (Å²) >= 11 is 0. The predicted molar refractivity (Wildman–Crippen MR) is 102 cm³/mol. The summed E-state index contributed by atoms with van der Waals surface area (Å²) in [6.07, 6.45) is 2.02. The molecule has 8 heteroatoms. The molecule has 142 valence electrons. The fourth-order valence-corrected chi connectivity index (χ4v) is 2.57. The molecule has 0 amide bonds. The van der Waals surface area contributed by atoms with Crippen LogP contribution in [0.25, 0.3) is 22.5 Å². The normalized spacial score (nSPS) is 10.4. The lowest BCUT2D eigenvalue weighted by Crippen LogP contribution is -2.04. The van der Waals surface area contributed by atoms with Crippen LogP contribution in [-0.4, -0.2) is 32.6 Å². The van der Waals surface area contributed by atoms with Gasteiger partial charge in [0.15, 0.2) is 0 Å². The van der Waals surface area contributed by atoms with Gasteiger partial charge in [-0.25, -0.2) is 4.98 Å². The van der Waals surface area contributed by atoms with Gasteiger partial charge in [0.25, 0.3) is 5.69 Å². The van der Waals surface area contributed by atoms with Crippen LogP contribution in [0.15, 0.2) is 60.8 Å². The van der Waals surface area contributed by atoms with Crippen molar-refractivity contribution in [1.82, 2.24) is 9.97 Å². The number of ether oxygens (including phenoxy) is 1. The Hall–Kier alpha value is -3.81. The largest absolute Gasteiger partial charge is 0.481 e. The van der Waals surface area contributed by atoms with Crippen molar-refractivity contribution in [2.24, 2.45) is 0 Å². The first-order valence-corrected chi connectivity index (χ1v) is 8.56. The SMILES string of the molecule is O=C(O)CCCOc1cc(-c2ccc([N+](=O)[O-])cc2)cc(-c2ccccn2)n1. The minimum atomic E-state index is -0.884. The van der Waals surface area contributed by atoms with Crippen LogP contribution >= 0.6 is 0 Å². The predicted octanol–water partition coefficient (Wildman–Crippen LogP) is 3.96. The number of nitrogens with zero attached hydrogens (tertiary/aromatic N) is 3. The maximum atomic E-state index is 10.9. The highest BCUT2D eigenvalue weighted by molar-refractivity contribution is 5.71. The Balaban J connectivity index is 1.92. The number of carbonyl (C=O) groups is 1. The average Bonchev–Trinajstić information content (AvgIpc) is 2.71. The number of aromatic nitrogens is 2. The van der Waals surface area contributed by atoms with Gasteiger partial charge in [-0.15, -0.1) is 0 Å². The first-order chi connectivity index (χ1) is 13.5. The van der Waals surface area contributed by atoms with Crippen molar-refractivity contribution < 1.29 is 19.6 Å². The molecule has 28 heavy (non-hydrogen) atoms. The van der Waals surface area contributed by atoms with E-state index in [2.05, 4.69) is 9.97 Å². The highest BCUT2D eigenvalue weighted by Gasteiger charge is 2.11. The fraction of sp³-hybridized carbons (Fsp3) is 0.150. The van der Waals surface area contributed by atoms with E-state index in [0.29, 0.717) is 23.7 Å². The molecule has 0 saturated carbocycles. The number of aliphatic carboxylic acids is 1. The molecule has 0 aliphatic heterocycles. The maximum absolute atomic E-state index is 10.9. The molecule has 3 rings (SSSR count). The summed E-state index contributed by atoms with van der Waals surface area (Å²) in [5, 5.41) is 19.6. The number of carboxylic acids is 1. The first-order valence-electron chi connectivity index (χ1n) is 8.56. The number of hydrogen-bond donors (Lipinski definition) is 1. The van der Waals surface area contributed by atoms with E-state index < -0.39 is 10.9 Å². The van der Waals surface area contributed by atoms with Gasteiger partial charge in [-0.3, -0.25) is 19.9 Å². The van der Waals surface area contributed by atoms with Crippen LogP contribution in [0, 0.1) is 10.1 Å². The summed E-state index contributed by atoms with van der Waals surface area (Å²) in [7, 11) is 0. The second-order valence-electron chi connectivity index (χ2n) is 5.94. The molecule has 0 fully saturated rings. The molecule has 2 heterocycles. The Morgan fingerprint density at radius 3 is 2.50 bits per heavy atom. The van der Waals surface area contributed by atoms with E-state index in [9.17, 15) is 14.9 Å². The number of benzene rings is 1. The Kier molecular flexibility index (Phi) is 5.91. The second-order valence-corrected chi connectivity index (χ2v) is 5.94. The first kappa shape index (κ1) is 19.0. The third-order valence-corrected chi connectivity index (χ3v) is 3.93. The zero-order chi connectivity index (χ0) is 19.9. The molecule has 0 aliphatic rings. The van der Waals surface area contributed by atoms with E-state index in [1.54, 1.807) is 30.5 Å². The van der Waals surface area contributed by atoms with E-state index in [-0.39, 0.29) is 18.7 Å². The molecule has 0 spiro atoms. The molecule has 8 nitrogen and oxygen atoms in total. The third kappa shape index (κ3) is 4.88. The van der Waals surface area contributed by atoms with Crippen molar-refractivity contribution in [2.75, 3.05) is 6.61 Å². The number of non-ortho nitro benzene ring substituents is 1. The summed E-state index contributed by atoms with van der Waals surface area (Å²) in [5.74, 6) is -0.549. The van der Waals surface area contributed by atoms with Crippen molar-refractivity contribution in [3.05, 3.63) is 70.9 Å². The van der Waals surface area contributed by atoms with Gasteiger partial charge in [-0.1, -0.05) is 6.07 Å². The highest BCUT2D eigenvalue weighted by atomic mass is 16.6. The van der Waals surface area contributed by atoms with Crippen molar-refractivity contribution in [3.63, 3.8) is 0 Å². The molecule has 0 saturated heterocycles. The van der Waals surface area contributed by atoms with Gasteiger partial charge in [-0.2, -0.15) is 0 Å². The maximum Gasteiger partial charge on any atom is 0.303 e. The topological polar surface area (TPSA) is 115 Å². The zero-order valence-corrected chi connectivity index (χ0v) is 14.8.